The van der Waals surface area contributed by atoms with Crippen molar-refractivity contribution in [3.8, 4) is 28.6 Å². The van der Waals surface area contributed by atoms with Crippen molar-refractivity contribution in [2.24, 2.45) is 5.92 Å². The highest BCUT2D eigenvalue weighted by atomic mass is 79.9. The molecule has 0 saturated carbocycles. The van der Waals surface area contributed by atoms with Crippen LogP contribution in [0.2, 0.25) is 0 Å². The molecule has 1 aromatic heterocycles. The summed E-state index contributed by atoms with van der Waals surface area (Å²) >= 11 is 3.56. The van der Waals surface area contributed by atoms with Gasteiger partial charge in [0, 0.05) is 30.8 Å². The summed E-state index contributed by atoms with van der Waals surface area (Å²) in [5.41, 5.74) is 2.84. The maximum Gasteiger partial charge on any atom is 0.309 e. The molecule has 8 heteroatoms. The second kappa shape index (κ2) is 9.19. The van der Waals surface area contributed by atoms with Gasteiger partial charge in [-0.15, -0.1) is 0 Å². The quantitative estimate of drug-likeness (QED) is 0.337. The molecule has 34 heavy (non-hydrogen) atoms. The number of benzene rings is 3. The fourth-order valence-corrected chi connectivity index (χ4v) is 4.70. The number of rotatable bonds is 7. The Morgan fingerprint density at radius 3 is 2.65 bits per heavy atom. The number of carboxylic acid groups (broad SMARTS) is 1. The molecule has 1 aliphatic heterocycles. The third-order valence-corrected chi connectivity index (χ3v) is 6.54. The summed E-state index contributed by atoms with van der Waals surface area (Å²) in [5, 5.41) is 15.5. The SMILES string of the molecule is CC(C)Oc1ccc(-c2nc(-c3ccc(CN4CC(C(=O)O)C4)c4ccccc34)no2)cc1Br. The third-order valence-electron chi connectivity index (χ3n) is 5.92. The summed E-state index contributed by atoms with van der Waals surface area (Å²) < 4.78 is 12.2. The average Bonchev–Trinajstić information content (AvgIpc) is 3.26. The van der Waals surface area contributed by atoms with Crippen LogP contribution in [0.15, 0.2) is 63.6 Å². The molecule has 0 radical (unpaired) electrons. The topological polar surface area (TPSA) is 88.7 Å². The molecule has 0 aliphatic carbocycles. The molecule has 0 amide bonds. The van der Waals surface area contributed by atoms with Gasteiger partial charge in [-0.1, -0.05) is 41.6 Å². The third kappa shape index (κ3) is 4.43. The lowest BCUT2D eigenvalue weighted by Crippen LogP contribution is -2.49. The number of halogens is 1. The number of ether oxygens (including phenoxy) is 1. The van der Waals surface area contributed by atoms with E-state index in [0.29, 0.717) is 31.3 Å². The van der Waals surface area contributed by atoms with Gasteiger partial charge in [0.25, 0.3) is 5.89 Å². The number of hydrogen-bond donors (Lipinski definition) is 1. The number of fused-ring (bicyclic) bond motifs is 1. The van der Waals surface area contributed by atoms with E-state index >= 15 is 0 Å². The number of carboxylic acids is 1. The zero-order valence-corrected chi connectivity index (χ0v) is 20.4. The Balaban J connectivity index is 1.42. The number of hydrogen-bond acceptors (Lipinski definition) is 6. The monoisotopic (exact) mass is 521 g/mol. The van der Waals surface area contributed by atoms with Crippen LogP contribution in [0.1, 0.15) is 19.4 Å². The minimum atomic E-state index is -0.724. The molecule has 7 nitrogen and oxygen atoms in total. The number of aliphatic carboxylic acids is 1. The van der Waals surface area contributed by atoms with Crippen LogP contribution in [0, 0.1) is 5.92 Å². The summed E-state index contributed by atoms with van der Waals surface area (Å²) in [4.78, 5) is 17.9. The van der Waals surface area contributed by atoms with E-state index in [-0.39, 0.29) is 12.0 Å². The van der Waals surface area contributed by atoms with Gasteiger partial charge in [-0.3, -0.25) is 9.69 Å². The smallest absolute Gasteiger partial charge is 0.309 e. The van der Waals surface area contributed by atoms with E-state index in [1.165, 1.54) is 0 Å². The van der Waals surface area contributed by atoms with Crippen LogP contribution < -0.4 is 4.74 Å². The minimum absolute atomic E-state index is 0.0769. The molecule has 0 spiro atoms. The lowest BCUT2D eigenvalue weighted by molar-refractivity contribution is -0.147. The van der Waals surface area contributed by atoms with Crippen molar-refractivity contribution in [2.45, 2.75) is 26.5 Å². The molecule has 174 valence electrons. The Kier molecular flexibility index (Phi) is 6.10. The Hall–Kier alpha value is -3.23. The Morgan fingerprint density at radius 2 is 1.94 bits per heavy atom. The van der Waals surface area contributed by atoms with Crippen molar-refractivity contribution in [1.29, 1.82) is 0 Å². The van der Waals surface area contributed by atoms with E-state index < -0.39 is 5.97 Å². The van der Waals surface area contributed by atoms with Crippen LogP contribution in [0.4, 0.5) is 0 Å². The largest absolute Gasteiger partial charge is 0.490 e. The second-order valence-electron chi connectivity index (χ2n) is 8.78. The molecule has 2 heterocycles. The molecule has 4 aromatic rings. The first kappa shape index (κ1) is 22.6. The van der Waals surface area contributed by atoms with Crippen molar-refractivity contribution < 1.29 is 19.2 Å². The summed E-state index contributed by atoms with van der Waals surface area (Å²) in [6.07, 6.45) is 0.0769. The highest BCUT2D eigenvalue weighted by Crippen LogP contribution is 2.34. The molecule has 0 bridgehead atoms. The van der Waals surface area contributed by atoms with Gasteiger partial charge in [0.15, 0.2) is 0 Å². The molecule has 1 N–H and O–H groups in total. The van der Waals surface area contributed by atoms with E-state index in [9.17, 15) is 4.79 Å². The first-order valence-corrected chi connectivity index (χ1v) is 11.9. The number of likely N-dealkylation sites (tertiary alicyclic amines) is 1. The summed E-state index contributed by atoms with van der Waals surface area (Å²) in [7, 11) is 0. The zero-order valence-electron chi connectivity index (χ0n) is 18.9. The van der Waals surface area contributed by atoms with Crippen LogP contribution in [-0.4, -0.2) is 45.3 Å². The Labute approximate surface area is 205 Å². The van der Waals surface area contributed by atoms with E-state index in [1.54, 1.807) is 0 Å². The first-order valence-electron chi connectivity index (χ1n) is 11.2. The summed E-state index contributed by atoms with van der Waals surface area (Å²) in [5.74, 6) is 0.719. The summed E-state index contributed by atoms with van der Waals surface area (Å²) in [6, 6.07) is 17.9. The van der Waals surface area contributed by atoms with Gasteiger partial charge >= 0.3 is 5.97 Å². The lowest BCUT2D eigenvalue weighted by atomic mass is 9.95. The molecule has 0 atom stereocenters. The minimum Gasteiger partial charge on any atom is -0.490 e. The van der Waals surface area contributed by atoms with Crippen molar-refractivity contribution in [2.75, 3.05) is 13.1 Å². The predicted octanol–water partition coefficient (Wildman–Crippen LogP) is 5.62. The van der Waals surface area contributed by atoms with E-state index in [1.807, 2.05) is 50.2 Å². The normalized spacial score (nSPS) is 14.5. The van der Waals surface area contributed by atoms with Crippen molar-refractivity contribution in [3.05, 3.63) is 64.6 Å². The molecule has 1 saturated heterocycles. The summed E-state index contributed by atoms with van der Waals surface area (Å²) in [6.45, 7) is 5.83. The van der Waals surface area contributed by atoms with E-state index in [4.69, 9.17) is 14.4 Å². The van der Waals surface area contributed by atoms with Crippen molar-refractivity contribution in [1.82, 2.24) is 15.0 Å². The second-order valence-corrected chi connectivity index (χ2v) is 9.64. The zero-order chi connectivity index (χ0) is 23.8. The van der Waals surface area contributed by atoms with Crippen LogP contribution in [0.25, 0.3) is 33.6 Å². The van der Waals surface area contributed by atoms with Crippen LogP contribution in [0.5, 0.6) is 5.75 Å². The van der Waals surface area contributed by atoms with Gasteiger partial charge in [-0.05, 0) is 64.3 Å². The Bertz CT molecular complexity index is 1360. The highest BCUT2D eigenvalue weighted by molar-refractivity contribution is 9.10. The molecule has 5 rings (SSSR count). The lowest BCUT2D eigenvalue weighted by Gasteiger charge is -2.36. The van der Waals surface area contributed by atoms with Crippen LogP contribution >= 0.6 is 15.9 Å². The number of nitrogens with zero attached hydrogens (tertiary/aromatic N) is 3. The fraction of sp³-hybridized carbons (Fsp3) is 0.269. The molecule has 1 fully saturated rings. The van der Waals surface area contributed by atoms with Gasteiger partial charge in [0.05, 0.1) is 16.5 Å². The first-order chi connectivity index (χ1) is 16.4. The van der Waals surface area contributed by atoms with Gasteiger partial charge in [-0.2, -0.15) is 4.98 Å². The molecular formula is C26H24BrN3O4. The standard InChI is InChI=1S/C26H24BrN3O4/c1-15(2)33-23-10-8-16(11-22(23)27)25-28-24(29-34-25)21-9-7-17(19-5-3-4-6-20(19)21)12-30-13-18(14-30)26(31)32/h3-11,15,18H,12-14H2,1-2H3,(H,31,32). The molecule has 3 aromatic carbocycles. The van der Waals surface area contributed by atoms with Gasteiger partial charge in [-0.25, -0.2) is 0 Å². The van der Waals surface area contributed by atoms with Crippen LogP contribution in [0.3, 0.4) is 0 Å². The van der Waals surface area contributed by atoms with E-state index in [0.717, 1.165) is 37.7 Å². The predicted molar refractivity (Wildman–Crippen MR) is 133 cm³/mol. The van der Waals surface area contributed by atoms with Gasteiger partial charge in [0.2, 0.25) is 5.82 Å². The maximum absolute atomic E-state index is 11.1. The Morgan fingerprint density at radius 1 is 1.18 bits per heavy atom. The molecular weight excluding hydrogens is 498 g/mol. The van der Waals surface area contributed by atoms with Crippen molar-refractivity contribution in [3.63, 3.8) is 0 Å². The van der Waals surface area contributed by atoms with Crippen molar-refractivity contribution >= 4 is 32.7 Å². The highest BCUT2D eigenvalue weighted by Gasteiger charge is 2.32. The number of aromatic nitrogens is 2. The van der Waals surface area contributed by atoms with E-state index in [2.05, 4.69) is 49.2 Å². The fourth-order valence-electron chi connectivity index (χ4n) is 4.22. The maximum atomic E-state index is 11.1. The average molecular weight is 522 g/mol. The van der Waals surface area contributed by atoms with Crippen LogP contribution in [-0.2, 0) is 11.3 Å². The number of carbonyl (C=O) groups is 1. The van der Waals surface area contributed by atoms with Gasteiger partial charge < -0.3 is 14.4 Å². The molecule has 1 aliphatic rings. The molecule has 0 unspecified atom stereocenters. The van der Waals surface area contributed by atoms with Gasteiger partial charge in [0.1, 0.15) is 5.75 Å².